The molecular weight excluding hydrogens is 340 g/mol. The third-order valence-corrected chi connectivity index (χ3v) is 6.77. The second kappa shape index (κ2) is 6.53. The number of fused-ring (bicyclic) bond motifs is 3. The smallest absolute Gasteiger partial charge is 0.261 e. The zero-order valence-corrected chi connectivity index (χ0v) is 14.8. The molecule has 1 saturated heterocycles. The molecule has 1 aromatic carbocycles. The third-order valence-electron chi connectivity index (χ3n) is 4.36. The van der Waals surface area contributed by atoms with Crippen LogP contribution in [0.5, 0.6) is 0 Å². The molecule has 0 radical (unpaired) electrons. The van der Waals surface area contributed by atoms with Gasteiger partial charge in [0.25, 0.3) is 5.91 Å². The highest BCUT2D eigenvalue weighted by Crippen LogP contribution is 2.39. The minimum Gasteiger partial charge on any atom is -0.351 e. The van der Waals surface area contributed by atoms with E-state index in [-0.39, 0.29) is 11.8 Å². The maximum absolute atomic E-state index is 12.3. The summed E-state index contributed by atoms with van der Waals surface area (Å²) in [6.45, 7) is 2.13. The number of carbonyl (C=O) groups excluding carboxylic acids is 2. The molecular formula is C18H18N2O2S2. The molecule has 4 rings (SSSR count). The molecule has 1 fully saturated rings. The Morgan fingerprint density at radius 3 is 2.71 bits per heavy atom. The SMILES string of the molecule is O=C(NCCC(=O)N1CCCC1)c1cc2sc3ccccc3c2s1. The number of thiophene rings is 2. The zero-order valence-electron chi connectivity index (χ0n) is 13.2. The van der Waals surface area contributed by atoms with Gasteiger partial charge in [-0.15, -0.1) is 22.7 Å². The average Bonchev–Trinajstić information content (AvgIpc) is 3.30. The van der Waals surface area contributed by atoms with Crippen molar-refractivity contribution in [3.8, 4) is 0 Å². The minimum absolute atomic E-state index is 0.0818. The number of nitrogens with one attached hydrogen (secondary N) is 1. The first-order chi connectivity index (χ1) is 11.7. The Hall–Kier alpha value is -1.92. The molecule has 0 aliphatic carbocycles. The maximum Gasteiger partial charge on any atom is 0.261 e. The largest absolute Gasteiger partial charge is 0.351 e. The Kier molecular flexibility index (Phi) is 4.24. The third kappa shape index (κ3) is 2.91. The highest BCUT2D eigenvalue weighted by atomic mass is 32.1. The lowest BCUT2D eigenvalue weighted by Gasteiger charge is -2.14. The highest BCUT2D eigenvalue weighted by Gasteiger charge is 2.18. The molecule has 4 nitrogen and oxygen atoms in total. The summed E-state index contributed by atoms with van der Waals surface area (Å²) >= 11 is 3.24. The summed E-state index contributed by atoms with van der Waals surface area (Å²) in [7, 11) is 0. The van der Waals surface area contributed by atoms with Crippen molar-refractivity contribution in [2.24, 2.45) is 0 Å². The van der Waals surface area contributed by atoms with Gasteiger partial charge >= 0.3 is 0 Å². The minimum atomic E-state index is -0.0818. The number of nitrogens with zero attached hydrogens (tertiary/aromatic N) is 1. The van der Waals surface area contributed by atoms with Crippen molar-refractivity contribution in [2.45, 2.75) is 19.3 Å². The fourth-order valence-corrected chi connectivity index (χ4v) is 5.55. The Bertz CT molecular complexity index is 906. The first-order valence-corrected chi connectivity index (χ1v) is 9.83. The Morgan fingerprint density at radius 1 is 1.08 bits per heavy atom. The van der Waals surface area contributed by atoms with Gasteiger partial charge in [-0.2, -0.15) is 0 Å². The van der Waals surface area contributed by atoms with Gasteiger partial charge in [-0.05, 0) is 25.0 Å². The molecule has 1 aliphatic heterocycles. The zero-order chi connectivity index (χ0) is 16.5. The van der Waals surface area contributed by atoms with Crippen LogP contribution in [0, 0.1) is 0 Å². The topological polar surface area (TPSA) is 49.4 Å². The normalized spacial score (nSPS) is 14.6. The molecule has 0 saturated carbocycles. The van der Waals surface area contributed by atoms with Gasteiger partial charge in [0.1, 0.15) is 0 Å². The van der Waals surface area contributed by atoms with Gasteiger partial charge in [0.2, 0.25) is 5.91 Å². The Balaban J connectivity index is 1.41. The van der Waals surface area contributed by atoms with E-state index < -0.39 is 0 Å². The summed E-state index contributed by atoms with van der Waals surface area (Å²) in [6.07, 6.45) is 2.57. The Morgan fingerprint density at radius 2 is 1.88 bits per heavy atom. The van der Waals surface area contributed by atoms with E-state index in [1.165, 1.54) is 26.1 Å². The van der Waals surface area contributed by atoms with Gasteiger partial charge in [0.15, 0.2) is 0 Å². The van der Waals surface area contributed by atoms with E-state index in [9.17, 15) is 9.59 Å². The van der Waals surface area contributed by atoms with Crippen LogP contribution < -0.4 is 5.32 Å². The molecule has 6 heteroatoms. The van der Waals surface area contributed by atoms with Crippen LogP contribution in [0.4, 0.5) is 0 Å². The van der Waals surface area contributed by atoms with Crippen LogP contribution in [0.25, 0.3) is 19.5 Å². The van der Waals surface area contributed by atoms with E-state index in [0.717, 1.165) is 35.5 Å². The van der Waals surface area contributed by atoms with Crippen LogP contribution in [0.15, 0.2) is 30.3 Å². The number of hydrogen-bond donors (Lipinski definition) is 1. The van der Waals surface area contributed by atoms with E-state index in [0.29, 0.717) is 13.0 Å². The van der Waals surface area contributed by atoms with Crippen LogP contribution in [-0.2, 0) is 4.79 Å². The van der Waals surface area contributed by atoms with Crippen LogP contribution in [-0.4, -0.2) is 36.3 Å². The van der Waals surface area contributed by atoms with E-state index >= 15 is 0 Å². The molecule has 2 amide bonds. The van der Waals surface area contributed by atoms with Gasteiger partial charge in [0, 0.05) is 40.8 Å². The lowest BCUT2D eigenvalue weighted by atomic mass is 10.2. The molecule has 1 N–H and O–H groups in total. The number of likely N-dealkylation sites (tertiary alicyclic amines) is 1. The molecule has 124 valence electrons. The molecule has 0 unspecified atom stereocenters. The van der Waals surface area contributed by atoms with Crippen LogP contribution in [0.1, 0.15) is 28.9 Å². The van der Waals surface area contributed by atoms with Gasteiger partial charge in [-0.1, -0.05) is 18.2 Å². The highest BCUT2D eigenvalue weighted by molar-refractivity contribution is 7.33. The van der Waals surface area contributed by atoms with Crippen LogP contribution in [0.2, 0.25) is 0 Å². The van der Waals surface area contributed by atoms with E-state index in [1.54, 1.807) is 11.3 Å². The van der Waals surface area contributed by atoms with Crippen molar-refractivity contribution in [1.29, 1.82) is 0 Å². The van der Waals surface area contributed by atoms with Crippen LogP contribution in [0.3, 0.4) is 0 Å². The quantitative estimate of drug-likeness (QED) is 0.770. The van der Waals surface area contributed by atoms with Crippen molar-refractivity contribution >= 4 is 54.0 Å². The molecule has 3 heterocycles. The average molecular weight is 358 g/mol. The monoisotopic (exact) mass is 358 g/mol. The first-order valence-electron chi connectivity index (χ1n) is 8.19. The summed E-state index contributed by atoms with van der Waals surface area (Å²) in [5, 5.41) is 4.09. The summed E-state index contributed by atoms with van der Waals surface area (Å²) in [4.78, 5) is 26.9. The second-order valence-corrected chi connectivity index (χ2v) is 8.13. The lowest BCUT2D eigenvalue weighted by Crippen LogP contribution is -2.32. The lowest BCUT2D eigenvalue weighted by molar-refractivity contribution is -0.129. The summed E-state index contributed by atoms with van der Waals surface area (Å²) < 4.78 is 3.58. The molecule has 0 bridgehead atoms. The summed E-state index contributed by atoms with van der Waals surface area (Å²) in [5.74, 6) is 0.0626. The molecule has 1 aliphatic rings. The van der Waals surface area contributed by atoms with Crippen LogP contribution >= 0.6 is 22.7 Å². The second-order valence-electron chi connectivity index (χ2n) is 6.00. The molecule has 2 aromatic heterocycles. The summed E-state index contributed by atoms with van der Waals surface area (Å²) in [5.41, 5.74) is 0. The van der Waals surface area contributed by atoms with Crippen molar-refractivity contribution in [1.82, 2.24) is 10.2 Å². The van der Waals surface area contributed by atoms with E-state index in [2.05, 4.69) is 17.4 Å². The van der Waals surface area contributed by atoms with Gasteiger partial charge in [0.05, 0.1) is 9.58 Å². The van der Waals surface area contributed by atoms with Crippen molar-refractivity contribution in [2.75, 3.05) is 19.6 Å². The number of rotatable bonds is 4. The number of carbonyl (C=O) groups is 2. The van der Waals surface area contributed by atoms with E-state index in [1.807, 2.05) is 23.1 Å². The standard InChI is InChI=1S/C18H18N2O2S2/c21-16(20-9-3-4-10-20)7-8-19-18(22)15-11-14-17(24-15)12-5-1-2-6-13(12)23-14/h1-2,5-6,11H,3-4,7-10H2,(H,19,22). The summed E-state index contributed by atoms with van der Waals surface area (Å²) in [6, 6.07) is 10.2. The number of amides is 2. The molecule has 0 atom stereocenters. The van der Waals surface area contributed by atoms with Gasteiger partial charge < -0.3 is 10.2 Å². The number of hydrogen-bond acceptors (Lipinski definition) is 4. The van der Waals surface area contributed by atoms with E-state index in [4.69, 9.17) is 0 Å². The maximum atomic E-state index is 12.3. The predicted molar refractivity (Wildman–Crippen MR) is 100.0 cm³/mol. The predicted octanol–water partition coefficient (Wildman–Crippen LogP) is 3.86. The Labute approximate surface area is 148 Å². The van der Waals surface area contributed by atoms with Crippen molar-refractivity contribution < 1.29 is 9.59 Å². The van der Waals surface area contributed by atoms with Gasteiger partial charge in [-0.25, -0.2) is 0 Å². The van der Waals surface area contributed by atoms with Crippen molar-refractivity contribution in [3.63, 3.8) is 0 Å². The van der Waals surface area contributed by atoms with Gasteiger partial charge in [-0.3, -0.25) is 9.59 Å². The fraction of sp³-hybridized carbons (Fsp3) is 0.333. The first kappa shape index (κ1) is 15.6. The molecule has 0 spiro atoms. The molecule has 24 heavy (non-hydrogen) atoms. The fourth-order valence-electron chi connectivity index (χ4n) is 3.11. The molecule has 3 aromatic rings. The number of benzene rings is 1. The van der Waals surface area contributed by atoms with Crippen molar-refractivity contribution in [3.05, 3.63) is 35.2 Å².